The number of nitrogens with zero attached hydrogens (tertiary/aromatic N) is 3. The molecule has 2 unspecified atom stereocenters. The van der Waals surface area contributed by atoms with Gasteiger partial charge in [0.2, 0.25) is 0 Å². The molecule has 2 saturated heterocycles. The minimum Gasteiger partial charge on any atom is -0.390 e. The largest absolute Gasteiger partial charge is 0.416 e. The predicted molar refractivity (Wildman–Crippen MR) is 117 cm³/mol. The fourth-order valence-electron chi connectivity index (χ4n) is 4.56. The fourth-order valence-corrected chi connectivity index (χ4v) is 4.69. The van der Waals surface area contributed by atoms with Crippen LogP contribution in [0.2, 0.25) is 5.02 Å². The van der Waals surface area contributed by atoms with Gasteiger partial charge in [-0.3, -0.25) is 9.80 Å². The first-order valence-electron chi connectivity index (χ1n) is 10.8. The second kappa shape index (κ2) is 9.56. The van der Waals surface area contributed by atoms with Gasteiger partial charge in [0.1, 0.15) is 0 Å². The SMILES string of the molecule is OC1CN(c2cc(C(F)(F)F)cc(C(F)(F)F)c2)CC1N1CCN(Cc2ccc(Cl)cc2)CC1. The Morgan fingerprint density at radius 3 is 1.91 bits per heavy atom. The molecule has 0 aliphatic carbocycles. The molecule has 2 aliphatic heterocycles. The molecule has 34 heavy (non-hydrogen) atoms. The van der Waals surface area contributed by atoms with Crippen molar-refractivity contribution in [2.45, 2.75) is 31.0 Å². The Bertz CT molecular complexity index is 957. The predicted octanol–water partition coefficient (Wildman–Crippen LogP) is 4.74. The van der Waals surface area contributed by atoms with Gasteiger partial charge in [0, 0.05) is 56.5 Å². The molecule has 4 rings (SSSR count). The number of rotatable bonds is 4. The molecule has 4 nitrogen and oxygen atoms in total. The van der Waals surface area contributed by atoms with Crippen molar-refractivity contribution in [3.05, 3.63) is 64.2 Å². The summed E-state index contributed by atoms with van der Waals surface area (Å²) in [6.07, 6.45) is -10.7. The highest BCUT2D eigenvalue weighted by Crippen LogP contribution is 2.39. The van der Waals surface area contributed by atoms with Crippen molar-refractivity contribution in [2.75, 3.05) is 44.2 Å². The molecule has 2 aromatic carbocycles. The van der Waals surface area contributed by atoms with Crippen LogP contribution in [-0.4, -0.2) is 66.3 Å². The summed E-state index contributed by atoms with van der Waals surface area (Å²) >= 11 is 5.92. The Labute approximate surface area is 198 Å². The van der Waals surface area contributed by atoms with Crippen LogP contribution in [0.3, 0.4) is 0 Å². The van der Waals surface area contributed by atoms with E-state index in [9.17, 15) is 31.4 Å². The minimum atomic E-state index is -4.91. The number of piperazine rings is 1. The highest BCUT2D eigenvalue weighted by atomic mass is 35.5. The van der Waals surface area contributed by atoms with Gasteiger partial charge in [-0.05, 0) is 35.9 Å². The zero-order chi connectivity index (χ0) is 24.7. The monoisotopic (exact) mass is 507 g/mol. The third-order valence-electron chi connectivity index (χ3n) is 6.39. The lowest BCUT2D eigenvalue weighted by molar-refractivity contribution is -0.143. The number of aliphatic hydroxyl groups is 1. The summed E-state index contributed by atoms with van der Waals surface area (Å²) in [6, 6.07) is 8.75. The summed E-state index contributed by atoms with van der Waals surface area (Å²) in [6.45, 7) is 3.60. The first-order valence-corrected chi connectivity index (χ1v) is 11.2. The molecule has 2 fully saturated rings. The van der Waals surface area contributed by atoms with E-state index >= 15 is 0 Å². The molecule has 0 radical (unpaired) electrons. The molecule has 2 heterocycles. The normalized spacial score (nSPS) is 23.0. The topological polar surface area (TPSA) is 30.0 Å². The van der Waals surface area contributed by atoms with Crippen LogP contribution in [0.25, 0.3) is 0 Å². The van der Waals surface area contributed by atoms with Gasteiger partial charge >= 0.3 is 12.4 Å². The number of halogens is 7. The summed E-state index contributed by atoms with van der Waals surface area (Å²) in [5.41, 5.74) is -1.78. The quantitative estimate of drug-likeness (QED) is 0.605. The average Bonchev–Trinajstić information content (AvgIpc) is 3.16. The van der Waals surface area contributed by atoms with E-state index in [4.69, 9.17) is 11.6 Å². The number of hydrogen-bond acceptors (Lipinski definition) is 4. The molecule has 11 heteroatoms. The van der Waals surface area contributed by atoms with Gasteiger partial charge in [0.05, 0.1) is 23.3 Å². The number of hydrogen-bond donors (Lipinski definition) is 1. The number of aliphatic hydroxyl groups excluding tert-OH is 1. The van der Waals surface area contributed by atoms with Gasteiger partial charge in [0.15, 0.2) is 0 Å². The molecule has 0 bridgehead atoms. The Morgan fingerprint density at radius 1 is 0.824 bits per heavy atom. The van der Waals surface area contributed by atoms with Gasteiger partial charge in [-0.25, -0.2) is 0 Å². The number of anilines is 1. The molecule has 0 saturated carbocycles. The standard InChI is InChI=1S/C23H24ClF6N3O/c24-18-3-1-15(2-4-18)12-31-5-7-32(8-6-31)20-13-33(14-21(20)34)19-10-16(22(25,26)27)9-17(11-19)23(28,29)30/h1-4,9-11,20-21,34H,5-8,12-14H2. The van der Waals surface area contributed by atoms with Crippen LogP contribution in [0, 0.1) is 0 Å². The number of β-amino-alcohol motifs (C(OH)–C–C–N with tert-alkyl or cyclic N) is 1. The molecule has 186 valence electrons. The van der Waals surface area contributed by atoms with Crippen LogP contribution in [-0.2, 0) is 18.9 Å². The number of benzene rings is 2. The van der Waals surface area contributed by atoms with Crippen molar-refractivity contribution in [3.8, 4) is 0 Å². The first-order chi connectivity index (χ1) is 15.9. The smallest absolute Gasteiger partial charge is 0.390 e. The highest BCUT2D eigenvalue weighted by molar-refractivity contribution is 6.30. The lowest BCUT2D eigenvalue weighted by Gasteiger charge is -2.38. The van der Waals surface area contributed by atoms with Gasteiger partial charge in [-0.2, -0.15) is 26.3 Å². The third-order valence-corrected chi connectivity index (χ3v) is 6.64. The van der Waals surface area contributed by atoms with E-state index in [0.717, 1.165) is 25.2 Å². The van der Waals surface area contributed by atoms with Crippen LogP contribution in [0.15, 0.2) is 42.5 Å². The van der Waals surface area contributed by atoms with E-state index in [1.165, 1.54) is 4.90 Å². The van der Waals surface area contributed by atoms with Gasteiger partial charge in [-0.15, -0.1) is 0 Å². The molecule has 2 aromatic rings. The van der Waals surface area contributed by atoms with Crippen LogP contribution in [0.5, 0.6) is 0 Å². The van der Waals surface area contributed by atoms with Crippen LogP contribution < -0.4 is 4.90 Å². The molecular formula is C23H24ClF6N3O. The van der Waals surface area contributed by atoms with Crippen molar-refractivity contribution in [2.24, 2.45) is 0 Å². The second-order valence-electron chi connectivity index (χ2n) is 8.74. The summed E-state index contributed by atoms with van der Waals surface area (Å²) in [5.74, 6) is 0. The second-order valence-corrected chi connectivity index (χ2v) is 9.18. The first kappa shape index (κ1) is 25.1. The van der Waals surface area contributed by atoms with E-state index < -0.39 is 29.6 Å². The summed E-state index contributed by atoms with van der Waals surface area (Å²) in [7, 11) is 0. The van der Waals surface area contributed by atoms with E-state index in [1.807, 2.05) is 24.3 Å². The fraction of sp³-hybridized carbons (Fsp3) is 0.478. The zero-order valence-electron chi connectivity index (χ0n) is 18.1. The van der Waals surface area contributed by atoms with Crippen LogP contribution >= 0.6 is 11.6 Å². The Kier molecular flexibility index (Phi) is 7.06. The van der Waals surface area contributed by atoms with Gasteiger partial charge in [-0.1, -0.05) is 23.7 Å². The molecule has 2 aliphatic rings. The minimum absolute atomic E-state index is 0.0335. The Hall–Kier alpha value is -2.01. The van der Waals surface area contributed by atoms with Crippen molar-refractivity contribution < 1.29 is 31.4 Å². The lowest BCUT2D eigenvalue weighted by Crippen LogP contribution is -2.53. The lowest BCUT2D eigenvalue weighted by atomic mass is 10.1. The van der Waals surface area contributed by atoms with Crippen LogP contribution in [0.1, 0.15) is 16.7 Å². The maximum atomic E-state index is 13.2. The zero-order valence-corrected chi connectivity index (χ0v) is 18.8. The molecule has 0 aromatic heterocycles. The molecular weight excluding hydrogens is 484 g/mol. The van der Waals surface area contributed by atoms with Gasteiger partial charge in [0.25, 0.3) is 0 Å². The van der Waals surface area contributed by atoms with E-state index in [-0.39, 0.29) is 30.9 Å². The third kappa shape index (κ3) is 5.79. The van der Waals surface area contributed by atoms with Crippen molar-refractivity contribution >= 4 is 17.3 Å². The molecule has 1 N–H and O–H groups in total. The van der Waals surface area contributed by atoms with Crippen molar-refractivity contribution in [1.82, 2.24) is 9.80 Å². The molecule has 0 spiro atoms. The average molecular weight is 508 g/mol. The summed E-state index contributed by atoms with van der Waals surface area (Å²) in [5, 5.41) is 11.3. The van der Waals surface area contributed by atoms with Crippen molar-refractivity contribution in [3.63, 3.8) is 0 Å². The van der Waals surface area contributed by atoms with E-state index in [2.05, 4.69) is 9.80 Å². The number of alkyl halides is 6. The van der Waals surface area contributed by atoms with E-state index in [1.54, 1.807) is 0 Å². The van der Waals surface area contributed by atoms with E-state index in [0.29, 0.717) is 30.2 Å². The summed E-state index contributed by atoms with van der Waals surface area (Å²) < 4.78 is 79.4. The maximum absolute atomic E-state index is 13.2. The highest BCUT2D eigenvalue weighted by Gasteiger charge is 2.40. The van der Waals surface area contributed by atoms with Crippen LogP contribution in [0.4, 0.5) is 32.0 Å². The van der Waals surface area contributed by atoms with Gasteiger partial charge < -0.3 is 10.0 Å². The molecule has 2 atom stereocenters. The Balaban J connectivity index is 1.42. The Morgan fingerprint density at radius 2 is 1.38 bits per heavy atom. The maximum Gasteiger partial charge on any atom is 0.416 e. The molecule has 0 amide bonds. The summed E-state index contributed by atoms with van der Waals surface area (Å²) in [4.78, 5) is 5.71. The van der Waals surface area contributed by atoms with Crippen molar-refractivity contribution in [1.29, 1.82) is 0 Å².